The SMILES string of the molecule is CC[C@H](N[C@@H](C)CCSCCC(F)(F)F)C(F)(F)F. The lowest BCUT2D eigenvalue weighted by atomic mass is 10.1. The van der Waals surface area contributed by atoms with Crippen molar-refractivity contribution in [3.8, 4) is 0 Å². The molecule has 0 aliphatic carbocycles. The molecule has 1 N–H and O–H groups in total. The molecule has 0 spiro atoms. The standard InChI is InChI=1S/C11H19F6NS/c1-3-9(11(15,16)17)18-8(2)4-6-19-7-5-10(12,13)14/h8-9,18H,3-7H2,1-2H3/t8-,9-/m0/s1. The van der Waals surface area contributed by atoms with Crippen LogP contribution < -0.4 is 5.32 Å². The molecule has 0 aliphatic rings. The van der Waals surface area contributed by atoms with Crippen molar-refractivity contribution in [2.24, 2.45) is 0 Å². The molecule has 0 heterocycles. The number of hydrogen-bond donors (Lipinski definition) is 1. The summed E-state index contributed by atoms with van der Waals surface area (Å²) in [7, 11) is 0. The number of rotatable bonds is 8. The van der Waals surface area contributed by atoms with E-state index < -0.39 is 24.8 Å². The molecule has 116 valence electrons. The van der Waals surface area contributed by atoms with Gasteiger partial charge in [-0.05, 0) is 25.5 Å². The smallest absolute Gasteiger partial charge is 0.304 e. The lowest BCUT2D eigenvalue weighted by Gasteiger charge is -2.24. The number of nitrogens with one attached hydrogen (secondary N) is 1. The van der Waals surface area contributed by atoms with Crippen LogP contribution in [-0.2, 0) is 0 Å². The molecular formula is C11H19F6NS. The third kappa shape index (κ3) is 10.4. The second-order valence-electron chi connectivity index (χ2n) is 4.34. The molecule has 2 atom stereocenters. The fourth-order valence-corrected chi connectivity index (χ4v) is 2.52. The maximum absolute atomic E-state index is 12.5. The predicted octanol–water partition coefficient (Wildman–Crippen LogP) is 4.38. The van der Waals surface area contributed by atoms with Crippen LogP contribution in [0.5, 0.6) is 0 Å². The second-order valence-corrected chi connectivity index (χ2v) is 5.56. The molecule has 0 amide bonds. The summed E-state index contributed by atoms with van der Waals surface area (Å²) >= 11 is 1.11. The highest BCUT2D eigenvalue weighted by molar-refractivity contribution is 7.99. The number of halogens is 6. The van der Waals surface area contributed by atoms with Gasteiger partial charge < -0.3 is 5.32 Å². The van der Waals surface area contributed by atoms with Crippen LogP contribution >= 0.6 is 11.8 Å². The van der Waals surface area contributed by atoms with Gasteiger partial charge in [-0.3, -0.25) is 0 Å². The van der Waals surface area contributed by atoms with Crippen LogP contribution in [0.15, 0.2) is 0 Å². The van der Waals surface area contributed by atoms with E-state index in [2.05, 4.69) is 5.32 Å². The van der Waals surface area contributed by atoms with Gasteiger partial charge >= 0.3 is 12.4 Å². The molecule has 0 radical (unpaired) electrons. The summed E-state index contributed by atoms with van der Waals surface area (Å²) in [6.07, 6.45) is -8.96. The summed E-state index contributed by atoms with van der Waals surface area (Å²) in [4.78, 5) is 0. The van der Waals surface area contributed by atoms with Crippen molar-refractivity contribution in [2.45, 2.75) is 57.5 Å². The minimum Gasteiger partial charge on any atom is -0.304 e. The van der Waals surface area contributed by atoms with Gasteiger partial charge in [-0.15, -0.1) is 0 Å². The van der Waals surface area contributed by atoms with Crippen LogP contribution in [0.25, 0.3) is 0 Å². The van der Waals surface area contributed by atoms with Gasteiger partial charge in [-0.1, -0.05) is 6.92 Å². The van der Waals surface area contributed by atoms with E-state index in [0.29, 0.717) is 12.2 Å². The van der Waals surface area contributed by atoms with Crippen molar-refractivity contribution in [3.63, 3.8) is 0 Å². The van der Waals surface area contributed by atoms with E-state index in [9.17, 15) is 26.3 Å². The summed E-state index contributed by atoms with van der Waals surface area (Å²) < 4.78 is 72.9. The molecule has 0 aromatic rings. The first-order valence-corrected chi connectivity index (χ1v) is 7.19. The molecule has 19 heavy (non-hydrogen) atoms. The summed E-state index contributed by atoms with van der Waals surface area (Å²) in [5.41, 5.74) is 0. The highest BCUT2D eigenvalue weighted by atomic mass is 32.2. The molecule has 1 nitrogen and oxygen atoms in total. The van der Waals surface area contributed by atoms with Crippen LogP contribution in [0.2, 0.25) is 0 Å². The van der Waals surface area contributed by atoms with Gasteiger partial charge in [-0.2, -0.15) is 38.1 Å². The van der Waals surface area contributed by atoms with Crippen molar-refractivity contribution in [2.75, 3.05) is 11.5 Å². The molecule has 8 heteroatoms. The van der Waals surface area contributed by atoms with Gasteiger partial charge in [0.1, 0.15) is 6.04 Å². The van der Waals surface area contributed by atoms with Crippen molar-refractivity contribution < 1.29 is 26.3 Å². The monoisotopic (exact) mass is 311 g/mol. The molecule has 0 saturated carbocycles. The van der Waals surface area contributed by atoms with E-state index in [0.717, 1.165) is 11.8 Å². The molecular weight excluding hydrogens is 292 g/mol. The minimum atomic E-state index is -4.29. The highest BCUT2D eigenvalue weighted by Gasteiger charge is 2.38. The third-order valence-electron chi connectivity index (χ3n) is 2.51. The Labute approximate surface area is 113 Å². The van der Waals surface area contributed by atoms with E-state index in [1.54, 1.807) is 6.92 Å². The van der Waals surface area contributed by atoms with Crippen LogP contribution in [0.3, 0.4) is 0 Å². The van der Waals surface area contributed by atoms with Gasteiger partial charge in [0.15, 0.2) is 0 Å². The van der Waals surface area contributed by atoms with E-state index in [-0.39, 0.29) is 18.2 Å². The van der Waals surface area contributed by atoms with Crippen LogP contribution in [0.4, 0.5) is 26.3 Å². The topological polar surface area (TPSA) is 12.0 Å². The van der Waals surface area contributed by atoms with Gasteiger partial charge in [0.25, 0.3) is 0 Å². The van der Waals surface area contributed by atoms with E-state index in [1.165, 1.54) is 6.92 Å². The zero-order valence-corrected chi connectivity index (χ0v) is 11.7. The average molecular weight is 311 g/mol. The second kappa shape index (κ2) is 8.24. The van der Waals surface area contributed by atoms with Crippen molar-refractivity contribution in [1.29, 1.82) is 0 Å². The van der Waals surface area contributed by atoms with E-state index in [4.69, 9.17) is 0 Å². The fourth-order valence-electron chi connectivity index (χ4n) is 1.42. The summed E-state index contributed by atoms with van der Waals surface area (Å²) in [5, 5.41) is 2.45. The van der Waals surface area contributed by atoms with Gasteiger partial charge in [0, 0.05) is 11.8 Å². The maximum atomic E-state index is 12.5. The fraction of sp³-hybridized carbons (Fsp3) is 1.00. The molecule has 0 aromatic heterocycles. The Balaban J connectivity index is 3.78. The predicted molar refractivity (Wildman–Crippen MR) is 65.3 cm³/mol. The number of thioether (sulfide) groups is 1. The van der Waals surface area contributed by atoms with Crippen molar-refractivity contribution in [3.05, 3.63) is 0 Å². The molecule has 0 aromatic carbocycles. The summed E-state index contributed by atoms with van der Waals surface area (Å²) in [5.74, 6) is 0.366. The Hall–Kier alpha value is -0.110. The first-order chi connectivity index (χ1) is 8.56. The first-order valence-electron chi connectivity index (χ1n) is 6.03. The Bertz CT molecular complexity index is 240. The van der Waals surface area contributed by atoms with Gasteiger partial charge in [0.2, 0.25) is 0 Å². The lowest BCUT2D eigenvalue weighted by Crippen LogP contribution is -2.46. The molecule has 0 bridgehead atoms. The molecule has 0 saturated heterocycles. The van der Waals surface area contributed by atoms with E-state index >= 15 is 0 Å². The van der Waals surface area contributed by atoms with Crippen LogP contribution in [0, 0.1) is 0 Å². The van der Waals surface area contributed by atoms with Crippen LogP contribution in [-0.4, -0.2) is 35.9 Å². The Morgan fingerprint density at radius 3 is 2.05 bits per heavy atom. The summed E-state index contributed by atoms with van der Waals surface area (Å²) in [6.45, 7) is 3.05. The molecule has 0 fully saturated rings. The Morgan fingerprint density at radius 1 is 1.05 bits per heavy atom. The van der Waals surface area contributed by atoms with E-state index in [1.807, 2.05) is 0 Å². The normalized spacial score (nSPS) is 16.4. The molecule has 0 aliphatic heterocycles. The van der Waals surface area contributed by atoms with Gasteiger partial charge in [-0.25, -0.2) is 0 Å². The Morgan fingerprint density at radius 2 is 1.63 bits per heavy atom. The maximum Gasteiger partial charge on any atom is 0.403 e. The zero-order chi connectivity index (χ0) is 15.1. The van der Waals surface area contributed by atoms with Crippen molar-refractivity contribution >= 4 is 11.8 Å². The van der Waals surface area contributed by atoms with Gasteiger partial charge in [0.05, 0.1) is 6.42 Å². The highest BCUT2D eigenvalue weighted by Crippen LogP contribution is 2.24. The summed E-state index contributed by atoms with van der Waals surface area (Å²) in [6, 6.07) is -1.92. The third-order valence-corrected chi connectivity index (χ3v) is 3.53. The van der Waals surface area contributed by atoms with Crippen molar-refractivity contribution in [1.82, 2.24) is 5.32 Å². The lowest BCUT2D eigenvalue weighted by molar-refractivity contribution is -0.158. The largest absolute Gasteiger partial charge is 0.403 e. The minimum absolute atomic E-state index is 0.0489. The quantitative estimate of drug-likeness (QED) is 0.527. The van der Waals surface area contributed by atoms with Crippen LogP contribution in [0.1, 0.15) is 33.1 Å². The first kappa shape index (κ1) is 18.9. The molecule has 0 unspecified atom stereocenters. The molecule has 0 rings (SSSR count). The average Bonchev–Trinajstić information content (AvgIpc) is 2.22. The Kier molecular flexibility index (Phi) is 8.19. The number of hydrogen-bond acceptors (Lipinski definition) is 2. The zero-order valence-electron chi connectivity index (χ0n) is 10.9. The number of alkyl halides is 6.